The van der Waals surface area contributed by atoms with E-state index in [9.17, 15) is 9.90 Å². The molecule has 1 aliphatic carbocycles. The Labute approximate surface area is 107 Å². The Morgan fingerprint density at radius 1 is 1.61 bits per heavy atom. The average Bonchev–Trinajstić information content (AvgIpc) is 2.91. The molecule has 18 heavy (non-hydrogen) atoms. The largest absolute Gasteiger partial charge is 0.388 e. The predicted octanol–water partition coefficient (Wildman–Crippen LogP) is 1.74. The van der Waals surface area contributed by atoms with E-state index in [1.807, 2.05) is 0 Å². The van der Waals surface area contributed by atoms with Crippen LogP contribution >= 0.6 is 0 Å². The highest BCUT2D eigenvalue weighted by molar-refractivity contribution is 5.91. The zero-order valence-electron chi connectivity index (χ0n) is 10.7. The van der Waals surface area contributed by atoms with E-state index in [1.165, 1.54) is 18.7 Å². The Kier molecular flexibility index (Phi) is 4.01. The average molecular weight is 252 g/mol. The van der Waals surface area contributed by atoms with Crippen LogP contribution in [0.4, 0.5) is 0 Å². The molecule has 2 N–H and O–H groups in total. The number of aromatic nitrogens is 1. The second kappa shape index (κ2) is 5.52. The second-order valence-corrected chi connectivity index (χ2v) is 5.14. The summed E-state index contributed by atoms with van der Waals surface area (Å²) in [6.07, 6.45) is 6.16. The van der Waals surface area contributed by atoms with Gasteiger partial charge in [-0.3, -0.25) is 4.79 Å². The molecule has 0 aliphatic heterocycles. The molecule has 0 saturated heterocycles. The van der Waals surface area contributed by atoms with E-state index < -0.39 is 5.60 Å². The highest BCUT2D eigenvalue weighted by Crippen LogP contribution is 2.33. The van der Waals surface area contributed by atoms with Crippen LogP contribution in [-0.4, -0.2) is 28.3 Å². The number of amides is 1. The van der Waals surface area contributed by atoms with Crippen molar-refractivity contribution in [3.05, 3.63) is 18.0 Å². The summed E-state index contributed by atoms with van der Waals surface area (Å²) in [4.78, 5) is 11.7. The van der Waals surface area contributed by atoms with Crippen LogP contribution in [0.2, 0.25) is 0 Å². The lowest BCUT2D eigenvalue weighted by molar-refractivity contribution is -0.00809. The summed E-state index contributed by atoms with van der Waals surface area (Å²) in [5.74, 6) is 0.578. The van der Waals surface area contributed by atoms with E-state index in [0.717, 1.165) is 31.6 Å². The molecule has 1 heterocycles. The monoisotopic (exact) mass is 252 g/mol. The zero-order chi connectivity index (χ0) is 13.0. The van der Waals surface area contributed by atoms with Crippen molar-refractivity contribution in [1.29, 1.82) is 0 Å². The van der Waals surface area contributed by atoms with Crippen molar-refractivity contribution in [2.24, 2.45) is 5.92 Å². The summed E-state index contributed by atoms with van der Waals surface area (Å²) >= 11 is 0. The van der Waals surface area contributed by atoms with Gasteiger partial charge in [0.25, 0.3) is 5.91 Å². The molecule has 1 aromatic rings. The molecule has 5 nitrogen and oxygen atoms in total. The van der Waals surface area contributed by atoms with Gasteiger partial charge in [-0.2, -0.15) is 0 Å². The third kappa shape index (κ3) is 3.10. The number of nitrogens with zero attached hydrogens (tertiary/aromatic N) is 1. The Balaban J connectivity index is 1.81. The van der Waals surface area contributed by atoms with E-state index in [0.29, 0.717) is 0 Å². The van der Waals surface area contributed by atoms with Gasteiger partial charge in [-0.25, -0.2) is 0 Å². The lowest BCUT2D eigenvalue weighted by Gasteiger charge is -2.35. The minimum absolute atomic E-state index is 0.181. The first-order valence-electron chi connectivity index (χ1n) is 6.54. The van der Waals surface area contributed by atoms with Gasteiger partial charge in [-0.15, -0.1) is 0 Å². The van der Waals surface area contributed by atoms with Crippen molar-refractivity contribution in [3.63, 3.8) is 0 Å². The number of carbonyl (C=O) groups excluding carboxylic acids is 1. The van der Waals surface area contributed by atoms with E-state index >= 15 is 0 Å². The molecule has 100 valence electrons. The van der Waals surface area contributed by atoms with Crippen LogP contribution in [0.1, 0.15) is 49.6 Å². The van der Waals surface area contributed by atoms with E-state index in [4.69, 9.17) is 4.52 Å². The number of rotatable bonds is 4. The van der Waals surface area contributed by atoms with Gasteiger partial charge in [0.15, 0.2) is 0 Å². The van der Waals surface area contributed by atoms with Crippen molar-refractivity contribution >= 4 is 5.91 Å². The lowest BCUT2D eigenvalue weighted by atomic mass is 9.78. The summed E-state index contributed by atoms with van der Waals surface area (Å²) in [5, 5.41) is 16.6. The molecular weight excluding hydrogens is 232 g/mol. The number of nitrogens with one attached hydrogen (secondary N) is 1. The Morgan fingerprint density at radius 3 is 2.89 bits per heavy atom. The molecule has 5 heteroatoms. The predicted molar refractivity (Wildman–Crippen MR) is 66.0 cm³/mol. The van der Waals surface area contributed by atoms with Crippen LogP contribution in [0.15, 0.2) is 16.8 Å². The fourth-order valence-electron chi connectivity index (χ4n) is 2.46. The summed E-state index contributed by atoms with van der Waals surface area (Å²) < 4.78 is 4.76. The fourth-order valence-corrected chi connectivity index (χ4v) is 2.46. The third-order valence-corrected chi connectivity index (χ3v) is 3.85. The number of hydrogen-bond donors (Lipinski definition) is 2. The quantitative estimate of drug-likeness (QED) is 0.855. The highest BCUT2D eigenvalue weighted by atomic mass is 16.5. The van der Waals surface area contributed by atoms with Gasteiger partial charge in [0, 0.05) is 12.6 Å². The molecule has 1 aliphatic rings. The molecule has 0 unspecified atom stereocenters. The highest BCUT2D eigenvalue weighted by Gasteiger charge is 2.33. The van der Waals surface area contributed by atoms with Gasteiger partial charge >= 0.3 is 0 Å². The van der Waals surface area contributed by atoms with Crippen molar-refractivity contribution in [1.82, 2.24) is 10.5 Å². The Morgan fingerprint density at radius 2 is 2.33 bits per heavy atom. The van der Waals surface area contributed by atoms with Crippen molar-refractivity contribution in [2.45, 2.75) is 44.6 Å². The summed E-state index contributed by atoms with van der Waals surface area (Å²) in [6, 6.07) is 1.51. The van der Waals surface area contributed by atoms with E-state index in [2.05, 4.69) is 17.4 Å². The minimum Gasteiger partial charge on any atom is -0.388 e. The first-order chi connectivity index (χ1) is 8.63. The van der Waals surface area contributed by atoms with Crippen LogP contribution in [0.3, 0.4) is 0 Å². The molecule has 0 spiro atoms. The van der Waals surface area contributed by atoms with Crippen LogP contribution in [-0.2, 0) is 0 Å². The van der Waals surface area contributed by atoms with Gasteiger partial charge in [0.05, 0.1) is 11.8 Å². The first-order valence-corrected chi connectivity index (χ1v) is 6.54. The van der Waals surface area contributed by atoms with Gasteiger partial charge < -0.3 is 14.9 Å². The normalized spacial score (nSPS) is 28.0. The van der Waals surface area contributed by atoms with Crippen LogP contribution in [0, 0.1) is 5.92 Å². The number of carbonyl (C=O) groups is 1. The van der Waals surface area contributed by atoms with Crippen LogP contribution in [0.25, 0.3) is 0 Å². The first kappa shape index (κ1) is 13.1. The topological polar surface area (TPSA) is 75.4 Å². The standard InChI is InChI=1S/C13H20N2O3/c1-2-10-3-6-13(17,7-4-10)9-14-12(16)11-5-8-15-18-11/h5,8,10,17H,2-4,6-7,9H2,1H3,(H,14,16). The molecule has 2 rings (SSSR count). The van der Waals surface area contributed by atoms with Crippen molar-refractivity contribution in [3.8, 4) is 0 Å². The molecule has 1 saturated carbocycles. The molecule has 0 aromatic carbocycles. The van der Waals surface area contributed by atoms with Crippen molar-refractivity contribution in [2.75, 3.05) is 6.54 Å². The zero-order valence-corrected chi connectivity index (χ0v) is 10.7. The molecule has 1 fully saturated rings. The molecular formula is C13H20N2O3. The second-order valence-electron chi connectivity index (χ2n) is 5.14. The Hall–Kier alpha value is -1.36. The molecule has 1 aromatic heterocycles. The fraction of sp³-hybridized carbons (Fsp3) is 0.692. The van der Waals surface area contributed by atoms with E-state index in [-0.39, 0.29) is 18.2 Å². The van der Waals surface area contributed by atoms with Gasteiger partial charge in [0.1, 0.15) is 0 Å². The SMILES string of the molecule is CCC1CCC(O)(CNC(=O)c2ccno2)CC1. The van der Waals surface area contributed by atoms with Gasteiger partial charge in [-0.05, 0) is 31.6 Å². The van der Waals surface area contributed by atoms with Gasteiger partial charge in [0.2, 0.25) is 5.76 Å². The summed E-state index contributed by atoms with van der Waals surface area (Å²) in [7, 11) is 0. The molecule has 0 bridgehead atoms. The third-order valence-electron chi connectivity index (χ3n) is 3.85. The molecule has 0 atom stereocenters. The Bertz CT molecular complexity index is 381. The van der Waals surface area contributed by atoms with E-state index in [1.54, 1.807) is 0 Å². The maximum absolute atomic E-state index is 11.7. The van der Waals surface area contributed by atoms with Crippen molar-refractivity contribution < 1.29 is 14.4 Å². The minimum atomic E-state index is -0.763. The maximum Gasteiger partial charge on any atom is 0.289 e. The number of aliphatic hydroxyl groups is 1. The molecule has 0 radical (unpaired) electrons. The van der Waals surface area contributed by atoms with Crippen LogP contribution < -0.4 is 5.32 Å². The smallest absolute Gasteiger partial charge is 0.289 e. The lowest BCUT2D eigenvalue weighted by Crippen LogP contribution is -2.45. The summed E-state index contributed by atoms with van der Waals surface area (Å²) in [5.41, 5.74) is -0.763. The number of hydrogen-bond acceptors (Lipinski definition) is 4. The molecule has 1 amide bonds. The maximum atomic E-state index is 11.7. The van der Waals surface area contributed by atoms with Gasteiger partial charge in [-0.1, -0.05) is 18.5 Å². The van der Waals surface area contributed by atoms with Crippen LogP contribution in [0.5, 0.6) is 0 Å². The summed E-state index contributed by atoms with van der Waals surface area (Å²) in [6.45, 7) is 2.46.